The molecular weight excluding hydrogens is 302 g/mol. The van der Waals surface area contributed by atoms with E-state index in [1.165, 1.54) is 12.5 Å². The minimum absolute atomic E-state index is 0.0345. The Balaban J connectivity index is 1.81. The van der Waals surface area contributed by atoms with E-state index in [-0.39, 0.29) is 23.5 Å². The third kappa shape index (κ3) is 3.69. The molecule has 2 aromatic heterocycles. The molecule has 0 amide bonds. The monoisotopic (exact) mass is 317 g/mol. The fourth-order valence-electron chi connectivity index (χ4n) is 2.27. The van der Waals surface area contributed by atoms with E-state index in [0.717, 1.165) is 12.8 Å². The van der Waals surface area contributed by atoms with E-state index in [1.54, 1.807) is 18.3 Å². The van der Waals surface area contributed by atoms with E-state index in [4.69, 9.17) is 9.47 Å². The molecule has 3 heterocycles. The maximum Gasteiger partial charge on any atom is 0.373 e. The Morgan fingerprint density at radius 3 is 3.09 bits per heavy atom. The Morgan fingerprint density at radius 2 is 2.39 bits per heavy atom. The first kappa shape index (κ1) is 15.1. The third-order valence-electron chi connectivity index (χ3n) is 3.34. The topological polar surface area (TPSA) is 112 Å². The van der Waals surface area contributed by atoms with Crippen molar-refractivity contribution in [1.29, 1.82) is 0 Å². The predicted octanol–water partition coefficient (Wildman–Crippen LogP) is 2.16. The number of hydrogen-bond donors (Lipinski definition) is 1. The van der Waals surface area contributed by atoms with Gasteiger partial charge in [-0.25, -0.2) is 4.98 Å². The summed E-state index contributed by atoms with van der Waals surface area (Å²) in [5.41, 5.74) is -0.311. The molecule has 0 aromatic carbocycles. The van der Waals surface area contributed by atoms with Crippen LogP contribution in [0.2, 0.25) is 0 Å². The molecule has 0 bridgehead atoms. The molecule has 0 radical (unpaired) electrons. The maximum absolute atomic E-state index is 11.4. The van der Waals surface area contributed by atoms with Crippen molar-refractivity contribution in [3.8, 4) is 11.6 Å². The molecule has 9 heteroatoms. The lowest BCUT2D eigenvalue weighted by Crippen LogP contribution is -2.19. The van der Waals surface area contributed by atoms with Gasteiger partial charge in [-0.1, -0.05) is 0 Å². The van der Waals surface area contributed by atoms with Crippen LogP contribution >= 0.6 is 0 Å². The highest BCUT2D eigenvalue weighted by molar-refractivity contribution is 5.61. The van der Waals surface area contributed by atoms with Gasteiger partial charge in [-0.3, -0.25) is 15.1 Å². The van der Waals surface area contributed by atoms with Crippen LogP contribution in [-0.4, -0.2) is 39.1 Å². The maximum atomic E-state index is 11.4. The molecule has 1 aliphatic heterocycles. The van der Waals surface area contributed by atoms with Gasteiger partial charge in [-0.2, -0.15) is 4.98 Å². The van der Waals surface area contributed by atoms with Crippen molar-refractivity contribution in [3.63, 3.8) is 0 Å². The molecule has 2 aromatic rings. The second-order valence-electron chi connectivity index (χ2n) is 4.94. The SMILES string of the molecule is O=[N+]([O-])c1c(NCC2CCCO2)ncnc1Oc1cccnc1. The van der Waals surface area contributed by atoms with Crippen molar-refractivity contribution in [2.45, 2.75) is 18.9 Å². The molecule has 1 unspecified atom stereocenters. The van der Waals surface area contributed by atoms with Gasteiger partial charge in [0.05, 0.1) is 17.2 Å². The van der Waals surface area contributed by atoms with Crippen molar-refractivity contribution in [2.75, 3.05) is 18.5 Å². The zero-order valence-corrected chi connectivity index (χ0v) is 12.2. The number of hydrogen-bond acceptors (Lipinski definition) is 8. The van der Waals surface area contributed by atoms with Crippen molar-refractivity contribution < 1.29 is 14.4 Å². The van der Waals surface area contributed by atoms with Gasteiger partial charge < -0.3 is 14.8 Å². The van der Waals surface area contributed by atoms with Crippen LogP contribution in [0.5, 0.6) is 11.6 Å². The van der Waals surface area contributed by atoms with Crippen LogP contribution in [-0.2, 0) is 4.74 Å². The standard InChI is InChI=1S/C14H15N5O4/c20-19(21)12-13(16-8-10-4-2-6-22-10)17-9-18-14(12)23-11-3-1-5-15-7-11/h1,3,5,7,9-10H,2,4,6,8H2,(H,16,17,18). The summed E-state index contributed by atoms with van der Waals surface area (Å²) in [4.78, 5) is 22.5. The van der Waals surface area contributed by atoms with E-state index in [0.29, 0.717) is 18.9 Å². The van der Waals surface area contributed by atoms with Crippen LogP contribution in [0.15, 0.2) is 30.9 Å². The summed E-state index contributed by atoms with van der Waals surface area (Å²) in [7, 11) is 0. The first-order chi connectivity index (χ1) is 11.2. The van der Waals surface area contributed by atoms with E-state index < -0.39 is 4.92 Å². The Morgan fingerprint density at radius 1 is 1.48 bits per heavy atom. The number of nitrogens with one attached hydrogen (secondary N) is 1. The van der Waals surface area contributed by atoms with Gasteiger partial charge in [-0.15, -0.1) is 0 Å². The molecule has 1 aliphatic rings. The lowest BCUT2D eigenvalue weighted by Gasteiger charge is -2.12. The molecule has 0 aliphatic carbocycles. The van der Waals surface area contributed by atoms with Crippen molar-refractivity contribution in [3.05, 3.63) is 41.0 Å². The summed E-state index contributed by atoms with van der Waals surface area (Å²) in [6.45, 7) is 1.16. The highest BCUT2D eigenvalue weighted by Gasteiger charge is 2.26. The minimum atomic E-state index is -0.566. The number of pyridine rings is 1. The van der Waals surface area contributed by atoms with Crippen LogP contribution < -0.4 is 10.1 Å². The molecule has 120 valence electrons. The Hall–Kier alpha value is -2.81. The van der Waals surface area contributed by atoms with Gasteiger partial charge in [0.15, 0.2) is 0 Å². The Kier molecular flexibility index (Phi) is 4.57. The molecule has 0 saturated carbocycles. The Bertz CT molecular complexity index is 676. The predicted molar refractivity (Wildman–Crippen MR) is 80.5 cm³/mol. The third-order valence-corrected chi connectivity index (χ3v) is 3.34. The van der Waals surface area contributed by atoms with Gasteiger partial charge in [0, 0.05) is 19.3 Å². The van der Waals surface area contributed by atoms with Crippen molar-refractivity contribution >= 4 is 11.5 Å². The second-order valence-corrected chi connectivity index (χ2v) is 4.94. The molecule has 23 heavy (non-hydrogen) atoms. The number of aromatic nitrogens is 3. The van der Waals surface area contributed by atoms with Gasteiger partial charge in [0.25, 0.3) is 0 Å². The molecule has 1 fully saturated rings. The highest BCUT2D eigenvalue weighted by atomic mass is 16.6. The van der Waals surface area contributed by atoms with E-state index >= 15 is 0 Å². The summed E-state index contributed by atoms with van der Waals surface area (Å²) >= 11 is 0. The zero-order valence-electron chi connectivity index (χ0n) is 12.2. The summed E-state index contributed by atoms with van der Waals surface area (Å²) in [5.74, 6) is 0.339. The number of anilines is 1. The smallest absolute Gasteiger partial charge is 0.373 e. The fourth-order valence-corrected chi connectivity index (χ4v) is 2.27. The molecule has 0 spiro atoms. The van der Waals surface area contributed by atoms with Gasteiger partial charge in [0.1, 0.15) is 12.1 Å². The van der Waals surface area contributed by atoms with Crippen molar-refractivity contribution in [2.24, 2.45) is 0 Å². The van der Waals surface area contributed by atoms with E-state index in [9.17, 15) is 10.1 Å². The number of ether oxygens (including phenoxy) is 2. The number of nitrogens with zero attached hydrogens (tertiary/aromatic N) is 4. The fraction of sp³-hybridized carbons (Fsp3) is 0.357. The lowest BCUT2D eigenvalue weighted by molar-refractivity contribution is -0.385. The van der Waals surface area contributed by atoms with Gasteiger partial charge in [-0.05, 0) is 25.0 Å². The number of nitro groups is 1. The van der Waals surface area contributed by atoms with Crippen LogP contribution in [0, 0.1) is 10.1 Å². The minimum Gasteiger partial charge on any atom is -0.432 e. The van der Waals surface area contributed by atoms with Crippen molar-refractivity contribution in [1.82, 2.24) is 15.0 Å². The Labute approximate surface area is 131 Å². The molecule has 9 nitrogen and oxygen atoms in total. The summed E-state index contributed by atoms with van der Waals surface area (Å²) in [5, 5.41) is 14.3. The van der Waals surface area contributed by atoms with Crippen LogP contribution in [0.1, 0.15) is 12.8 Å². The van der Waals surface area contributed by atoms with E-state index in [2.05, 4.69) is 20.3 Å². The van der Waals surface area contributed by atoms with Crippen LogP contribution in [0.4, 0.5) is 11.5 Å². The molecule has 1 saturated heterocycles. The molecular formula is C14H15N5O4. The molecule has 1 atom stereocenters. The summed E-state index contributed by atoms with van der Waals surface area (Å²) in [6, 6.07) is 3.30. The average Bonchev–Trinajstić information content (AvgIpc) is 3.07. The summed E-state index contributed by atoms with van der Waals surface area (Å²) < 4.78 is 10.9. The molecule has 1 N–H and O–H groups in total. The first-order valence-corrected chi connectivity index (χ1v) is 7.17. The zero-order chi connectivity index (χ0) is 16.1. The average molecular weight is 317 g/mol. The van der Waals surface area contributed by atoms with Gasteiger partial charge >= 0.3 is 11.6 Å². The molecule has 3 rings (SSSR count). The largest absolute Gasteiger partial charge is 0.432 e. The van der Waals surface area contributed by atoms with Crippen LogP contribution in [0.3, 0.4) is 0 Å². The van der Waals surface area contributed by atoms with E-state index in [1.807, 2.05) is 0 Å². The summed E-state index contributed by atoms with van der Waals surface area (Å²) in [6.07, 6.45) is 6.20. The lowest BCUT2D eigenvalue weighted by atomic mass is 10.2. The normalized spacial score (nSPS) is 17.0. The second kappa shape index (κ2) is 6.97. The van der Waals surface area contributed by atoms with Crippen LogP contribution in [0.25, 0.3) is 0 Å². The highest BCUT2D eigenvalue weighted by Crippen LogP contribution is 2.33. The van der Waals surface area contributed by atoms with Gasteiger partial charge in [0.2, 0.25) is 5.82 Å². The quantitative estimate of drug-likeness (QED) is 0.637. The number of rotatable bonds is 6. The first-order valence-electron chi connectivity index (χ1n) is 7.17.